The average Bonchev–Trinajstić information content (AvgIpc) is 2.77. The average molecular weight is 262 g/mol. The van der Waals surface area contributed by atoms with E-state index < -0.39 is 0 Å². The second-order valence-electron chi connectivity index (χ2n) is 5.31. The van der Waals surface area contributed by atoms with Crippen molar-refractivity contribution in [3.8, 4) is 12.3 Å². The van der Waals surface area contributed by atoms with Gasteiger partial charge < -0.3 is 9.73 Å². The van der Waals surface area contributed by atoms with Crippen LogP contribution in [0.3, 0.4) is 0 Å². The zero-order chi connectivity index (χ0) is 14.1. The van der Waals surface area contributed by atoms with Gasteiger partial charge in [-0.3, -0.25) is 4.90 Å². The van der Waals surface area contributed by atoms with Crippen LogP contribution in [0.4, 0.5) is 0 Å². The van der Waals surface area contributed by atoms with Gasteiger partial charge in [0.25, 0.3) is 0 Å². The van der Waals surface area contributed by atoms with Crippen molar-refractivity contribution in [3.63, 3.8) is 0 Å². The summed E-state index contributed by atoms with van der Waals surface area (Å²) >= 11 is 0. The van der Waals surface area contributed by atoms with Crippen molar-refractivity contribution in [2.24, 2.45) is 5.92 Å². The third kappa shape index (κ3) is 6.47. The maximum absolute atomic E-state index is 5.82. The maximum atomic E-state index is 5.82. The molecule has 0 saturated heterocycles. The van der Waals surface area contributed by atoms with E-state index >= 15 is 0 Å². The monoisotopic (exact) mass is 262 g/mol. The molecule has 0 aliphatic rings. The minimum absolute atomic E-state index is 0.658. The zero-order valence-corrected chi connectivity index (χ0v) is 12.4. The maximum Gasteiger partial charge on any atom is 0.118 e. The second-order valence-corrected chi connectivity index (χ2v) is 5.31. The molecule has 1 aromatic heterocycles. The van der Waals surface area contributed by atoms with Crippen LogP contribution in [0.1, 0.15) is 38.7 Å². The first-order valence-electron chi connectivity index (χ1n) is 7.09. The lowest BCUT2D eigenvalue weighted by Crippen LogP contribution is -2.24. The Bertz CT molecular complexity index is 390. The van der Waals surface area contributed by atoms with E-state index in [4.69, 9.17) is 10.8 Å². The fourth-order valence-electron chi connectivity index (χ4n) is 1.97. The van der Waals surface area contributed by atoms with Gasteiger partial charge in [-0.25, -0.2) is 0 Å². The predicted molar refractivity (Wildman–Crippen MR) is 79.7 cm³/mol. The van der Waals surface area contributed by atoms with Crippen molar-refractivity contribution in [1.82, 2.24) is 10.2 Å². The van der Waals surface area contributed by atoms with E-state index in [0.29, 0.717) is 12.5 Å². The van der Waals surface area contributed by atoms with Crippen molar-refractivity contribution >= 4 is 0 Å². The highest BCUT2D eigenvalue weighted by molar-refractivity contribution is 5.07. The SMILES string of the molecule is C#CCN(CCC)Cc1ccc(CNCC(C)C)o1. The molecular weight excluding hydrogens is 236 g/mol. The van der Waals surface area contributed by atoms with Crippen LogP contribution in [-0.2, 0) is 13.1 Å². The summed E-state index contributed by atoms with van der Waals surface area (Å²) in [5.74, 6) is 5.34. The lowest BCUT2D eigenvalue weighted by atomic mass is 10.2. The Morgan fingerprint density at radius 3 is 2.74 bits per heavy atom. The Morgan fingerprint density at radius 1 is 1.37 bits per heavy atom. The van der Waals surface area contributed by atoms with Crippen molar-refractivity contribution in [2.75, 3.05) is 19.6 Å². The van der Waals surface area contributed by atoms with E-state index in [9.17, 15) is 0 Å². The molecule has 0 aliphatic heterocycles. The molecule has 1 rings (SSSR count). The van der Waals surface area contributed by atoms with E-state index in [0.717, 1.165) is 44.1 Å². The third-order valence-corrected chi connectivity index (χ3v) is 2.80. The highest BCUT2D eigenvalue weighted by Crippen LogP contribution is 2.11. The van der Waals surface area contributed by atoms with E-state index in [1.807, 2.05) is 12.1 Å². The fourth-order valence-corrected chi connectivity index (χ4v) is 1.97. The Balaban J connectivity index is 2.42. The minimum Gasteiger partial charge on any atom is -0.463 e. The molecule has 0 amide bonds. The van der Waals surface area contributed by atoms with Crippen molar-refractivity contribution in [3.05, 3.63) is 23.7 Å². The quantitative estimate of drug-likeness (QED) is 0.694. The zero-order valence-electron chi connectivity index (χ0n) is 12.4. The first kappa shape index (κ1) is 15.8. The molecule has 3 heteroatoms. The van der Waals surface area contributed by atoms with Crippen LogP contribution in [0.2, 0.25) is 0 Å². The molecule has 1 N–H and O–H groups in total. The van der Waals surface area contributed by atoms with Gasteiger partial charge in [-0.1, -0.05) is 26.7 Å². The van der Waals surface area contributed by atoms with E-state index in [1.54, 1.807) is 0 Å². The summed E-state index contributed by atoms with van der Waals surface area (Å²) in [6.07, 6.45) is 6.48. The van der Waals surface area contributed by atoms with Gasteiger partial charge in [0, 0.05) is 0 Å². The Morgan fingerprint density at radius 2 is 2.11 bits per heavy atom. The normalized spacial score (nSPS) is 11.2. The van der Waals surface area contributed by atoms with Gasteiger partial charge in [0.1, 0.15) is 11.5 Å². The largest absolute Gasteiger partial charge is 0.463 e. The summed E-state index contributed by atoms with van der Waals surface area (Å²) in [5, 5.41) is 3.38. The van der Waals surface area contributed by atoms with Crippen molar-refractivity contribution < 1.29 is 4.42 Å². The number of nitrogens with one attached hydrogen (secondary N) is 1. The molecule has 3 nitrogen and oxygen atoms in total. The standard InChI is InChI=1S/C16H26N2O/c1-5-9-18(10-6-2)13-16-8-7-15(19-16)12-17-11-14(3)4/h1,7-8,14,17H,6,9-13H2,2-4H3. The van der Waals surface area contributed by atoms with Crippen LogP contribution in [0.25, 0.3) is 0 Å². The van der Waals surface area contributed by atoms with Crippen LogP contribution >= 0.6 is 0 Å². The van der Waals surface area contributed by atoms with Gasteiger partial charge in [0.15, 0.2) is 0 Å². The Labute approximate surface area is 117 Å². The van der Waals surface area contributed by atoms with Crippen molar-refractivity contribution in [2.45, 2.75) is 40.3 Å². The Kier molecular flexibility index (Phi) is 7.32. The van der Waals surface area contributed by atoms with E-state index in [2.05, 4.69) is 36.9 Å². The van der Waals surface area contributed by atoms with Crippen LogP contribution in [0.5, 0.6) is 0 Å². The lowest BCUT2D eigenvalue weighted by molar-refractivity contribution is 0.268. The second kappa shape index (κ2) is 8.79. The number of rotatable bonds is 9. The van der Waals surface area contributed by atoms with Crippen molar-refractivity contribution in [1.29, 1.82) is 0 Å². The molecule has 19 heavy (non-hydrogen) atoms. The third-order valence-electron chi connectivity index (χ3n) is 2.80. The molecule has 1 heterocycles. The molecular formula is C16H26N2O. The summed E-state index contributed by atoms with van der Waals surface area (Å²) in [5.41, 5.74) is 0. The number of furan rings is 1. The molecule has 0 unspecified atom stereocenters. The summed E-state index contributed by atoms with van der Waals surface area (Å²) < 4.78 is 5.82. The van der Waals surface area contributed by atoms with Gasteiger partial charge in [0.2, 0.25) is 0 Å². The molecule has 0 aromatic carbocycles. The topological polar surface area (TPSA) is 28.4 Å². The number of nitrogens with zero attached hydrogens (tertiary/aromatic N) is 1. The summed E-state index contributed by atoms with van der Waals surface area (Å²) in [7, 11) is 0. The molecule has 0 saturated carbocycles. The van der Waals surface area contributed by atoms with Gasteiger partial charge >= 0.3 is 0 Å². The first-order chi connectivity index (χ1) is 9.15. The molecule has 106 valence electrons. The van der Waals surface area contributed by atoms with Gasteiger partial charge in [-0.15, -0.1) is 6.42 Å². The van der Waals surface area contributed by atoms with Crippen LogP contribution < -0.4 is 5.32 Å². The molecule has 0 spiro atoms. The molecule has 0 aliphatic carbocycles. The minimum atomic E-state index is 0.658. The van der Waals surface area contributed by atoms with Gasteiger partial charge in [-0.05, 0) is 37.6 Å². The van der Waals surface area contributed by atoms with Crippen LogP contribution in [0, 0.1) is 18.3 Å². The summed E-state index contributed by atoms with van der Waals surface area (Å²) in [6, 6.07) is 4.09. The first-order valence-corrected chi connectivity index (χ1v) is 7.09. The van der Waals surface area contributed by atoms with Crippen LogP contribution in [-0.4, -0.2) is 24.5 Å². The summed E-state index contributed by atoms with van der Waals surface area (Å²) in [6.45, 7) is 10.8. The molecule has 0 atom stereocenters. The summed E-state index contributed by atoms with van der Waals surface area (Å²) in [4.78, 5) is 2.23. The molecule has 0 bridgehead atoms. The fraction of sp³-hybridized carbons (Fsp3) is 0.625. The highest BCUT2D eigenvalue weighted by atomic mass is 16.3. The Hall–Kier alpha value is -1.24. The molecule has 1 aromatic rings. The molecule has 0 radical (unpaired) electrons. The number of hydrogen-bond acceptors (Lipinski definition) is 3. The van der Waals surface area contributed by atoms with Gasteiger partial charge in [0.05, 0.1) is 19.6 Å². The molecule has 0 fully saturated rings. The van der Waals surface area contributed by atoms with Crippen LogP contribution in [0.15, 0.2) is 16.5 Å². The number of terminal acetylenes is 1. The number of hydrogen-bond donors (Lipinski definition) is 1. The van der Waals surface area contributed by atoms with E-state index in [-0.39, 0.29) is 0 Å². The van der Waals surface area contributed by atoms with Gasteiger partial charge in [-0.2, -0.15) is 0 Å². The highest BCUT2D eigenvalue weighted by Gasteiger charge is 2.07. The smallest absolute Gasteiger partial charge is 0.118 e. The van der Waals surface area contributed by atoms with E-state index in [1.165, 1.54) is 0 Å². The lowest BCUT2D eigenvalue weighted by Gasteiger charge is -2.17. The predicted octanol–water partition coefficient (Wildman–Crippen LogP) is 2.87.